The van der Waals surface area contributed by atoms with E-state index in [2.05, 4.69) is 4.98 Å². The number of carbonyl (C=O) groups is 2. The van der Waals surface area contributed by atoms with Crippen molar-refractivity contribution in [3.63, 3.8) is 0 Å². The first-order valence-electron chi connectivity index (χ1n) is 11.9. The fraction of sp³-hybridized carbons (Fsp3) is 0.346. The minimum absolute atomic E-state index is 0.0268. The molecule has 2 amide bonds. The summed E-state index contributed by atoms with van der Waals surface area (Å²) in [5.41, 5.74) is -0.0383. The summed E-state index contributed by atoms with van der Waals surface area (Å²) in [4.78, 5) is 44.2. The Hall–Kier alpha value is -3.05. The maximum atomic E-state index is 13.7. The molecule has 2 aromatic carbocycles. The summed E-state index contributed by atoms with van der Waals surface area (Å²) >= 11 is 2.68. The molecule has 3 aromatic rings. The molecule has 3 fully saturated rings. The van der Waals surface area contributed by atoms with Gasteiger partial charge in [-0.3, -0.25) is 19.3 Å². The second kappa shape index (κ2) is 7.73. The van der Waals surface area contributed by atoms with Crippen molar-refractivity contribution in [1.29, 1.82) is 0 Å². The van der Waals surface area contributed by atoms with Gasteiger partial charge >= 0.3 is 11.0 Å². The van der Waals surface area contributed by atoms with Crippen LogP contribution in [0.4, 0.5) is 18.9 Å². The summed E-state index contributed by atoms with van der Waals surface area (Å²) in [6.45, 7) is 0. The number of nitrogens with zero attached hydrogens (tertiary/aromatic N) is 1. The van der Waals surface area contributed by atoms with Crippen molar-refractivity contribution in [3.8, 4) is 5.75 Å². The number of benzene rings is 2. The number of hydrogen-bond acceptors (Lipinski definition) is 6. The third-order valence-corrected chi connectivity index (χ3v) is 11.0. The predicted octanol–water partition coefficient (Wildman–Crippen LogP) is 4.84. The number of H-pyrrole nitrogens is 1. The second-order valence-electron chi connectivity index (χ2n) is 10.1. The quantitative estimate of drug-likeness (QED) is 0.451. The van der Waals surface area contributed by atoms with E-state index in [0.29, 0.717) is 6.42 Å². The Balaban J connectivity index is 1.30. The maximum Gasteiger partial charge on any atom is 0.416 e. The molecule has 11 heteroatoms. The van der Waals surface area contributed by atoms with Gasteiger partial charge in [0.05, 0.1) is 28.1 Å². The van der Waals surface area contributed by atoms with Crippen LogP contribution in [0, 0.1) is 29.6 Å². The van der Waals surface area contributed by atoms with Gasteiger partial charge in [-0.1, -0.05) is 29.5 Å². The minimum Gasteiger partial charge on any atom is -0.508 e. The van der Waals surface area contributed by atoms with Gasteiger partial charge in [-0.15, -0.1) is 11.8 Å². The lowest BCUT2D eigenvalue weighted by molar-refractivity contribution is -0.137. The molecule has 0 spiro atoms. The number of aromatic hydroxyl groups is 1. The van der Waals surface area contributed by atoms with Crippen LogP contribution in [0.25, 0.3) is 0 Å². The highest BCUT2D eigenvalue weighted by Gasteiger charge is 2.69. The fourth-order valence-electron chi connectivity index (χ4n) is 7.15. The molecule has 37 heavy (non-hydrogen) atoms. The standard InChI is InChI=1S/C26H19F3N2O4S2/c27-26(28,29)11-2-1-3-12(8-11)31-23(33)18-14-9-15(19(18)24(31)34)20-17(14)16(10-4-6-13(32)7-5-10)21-22(36-20)30-25(35)37-21/h1-8,14-20,32H,9H2,(H,30,35)/t14-,15+,16+,17+,18+,19+,20-/m1/s1. The van der Waals surface area contributed by atoms with Crippen molar-refractivity contribution >= 4 is 40.6 Å². The summed E-state index contributed by atoms with van der Waals surface area (Å²) in [5, 5.41) is 10.6. The molecule has 7 atom stereocenters. The van der Waals surface area contributed by atoms with Crippen molar-refractivity contribution in [2.75, 3.05) is 4.90 Å². The van der Waals surface area contributed by atoms with E-state index in [1.165, 1.54) is 12.1 Å². The van der Waals surface area contributed by atoms with Crippen LogP contribution in [0.15, 0.2) is 58.4 Å². The number of phenolic OH excluding ortho intramolecular Hbond substituents is 1. The first-order valence-corrected chi connectivity index (χ1v) is 13.6. The molecular weight excluding hydrogens is 525 g/mol. The SMILES string of the molecule is O=C1[C@H]2[C@@H]3C[C@@H]([C@@H]2C(=O)N1c1cccc(C(F)(F)F)c1)[C@H]1[C@H](c2ccc(O)cc2)c2sc(=O)[nH]c2S[C@H]31. The van der Waals surface area contributed by atoms with Gasteiger partial charge in [0.15, 0.2) is 0 Å². The van der Waals surface area contributed by atoms with E-state index in [9.17, 15) is 32.7 Å². The Bertz CT molecular complexity index is 1510. The van der Waals surface area contributed by atoms with Crippen LogP contribution < -0.4 is 9.77 Å². The van der Waals surface area contributed by atoms with Gasteiger partial charge < -0.3 is 10.1 Å². The number of amides is 2. The number of aromatic amines is 1. The first-order chi connectivity index (χ1) is 17.6. The van der Waals surface area contributed by atoms with Gasteiger partial charge in [0.25, 0.3) is 0 Å². The van der Waals surface area contributed by atoms with Crippen LogP contribution in [0.5, 0.6) is 5.75 Å². The Kier molecular flexibility index (Phi) is 4.83. The lowest BCUT2D eigenvalue weighted by atomic mass is 9.68. The molecule has 2 saturated carbocycles. The van der Waals surface area contributed by atoms with Gasteiger partial charge in [0, 0.05) is 16.0 Å². The molecule has 190 valence electrons. The number of phenols is 1. The van der Waals surface area contributed by atoms with Gasteiger partial charge in [0.1, 0.15) is 5.75 Å². The van der Waals surface area contributed by atoms with Crippen molar-refractivity contribution in [3.05, 3.63) is 74.2 Å². The van der Waals surface area contributed by atoms with Crippen molar-refractivity contribution in [2.45, 2.75) is 28.8 Å². The molecule has 2 aliphatic carbocycles. The van der Waals surface area contributed by atoms with E-state index in [1.54, 1.807) is 23.9 Å². The molecule has 1 saturated heterocycles. The minimum atomic E-state index is -4.59. The van der Waals surface area contributed by atoms with Gasteiger partial charge in [-0.05, 0) is 60.1 Å². The van der Waals surface area contributed by atoms with Crippen molar-refractivity contribution in [1.82, 2.24) is 4.98 Å². The van der Waals surface area contributed by atoms with Crippen LogP contribution in [0.3, 0.4) is 0 Å². The smallest absolute Gasteiger partial charge is 0.416 e. The van der Waals surface area contributed by atoms with E-state index in [4.69, 9.17) is 0 Å². The molecule has 0 unspecified atom stereocenters. The van der Waals surface area contributed by atoms with Gasteiger partial charge in [-0.25, -0.2) is 0 Å². The summed E-state index contributed by atoms with van der Waals surface area (Å²) in [5.74, 6) is -2.45. The van der Waals surface area contributed by atoms with E-state index in [-0.39, 0.29) is 45.2 Å². The van der Waals surface area contributed by atoms with E-state index in [0.717, 1.165) is 43.8 Å². The molecular formula is C26H19F3N2O4S2. The lowest BCUT2D eigenvalue weighted by Crippen LogP contribution is -2.42. The second-order valence-corrected chi connectivity index (χ2v) is 12.3. The monoisotopic (exact) mass is 544 g/mol. The van der Waals surface area contributed by atoms with Gasteiger partial charge in [-0.2, -0.15) is 13.2 Å². The lowest BCUT2D eigenvalue weighted by Gasteiger charge is -2.43. The Morgan fingerprint density at radius 2 is 1.68 bits per heavy atom. The normalized spacial score (nSPS) is 32.0. The molecule has 4 aliphatic rings. The van der Waals surface area contributed by atoms with Crippen LogP contribution in [-0.2, 0) is 15.8 Å². The van der Waals surface area contributed by atoms with Crippen LogP contribution in [-0.4, -0.2) is 27.2 Å². The third-order valence-electron chi connectivity index (χ3n) is 8.41. The largest absolute Gasteiger partial charge is 0.508 e. The first kappa shape index (κ1) is 23.1. The number of rotatable bonds is 2. The zero-order valence-electron chi connectivity index (χ0n) is 18.9. The number of thioether (sulfide) groups is 1. The molecule has 1 aromatic heterocycles. The number of alkyl halides is 3. The average Bonchev–Trinajstić information content (AvgIpc) is 3.58. The molecule has 2 bridgehead atoms. The highest BCUT2D eigenvalue weighted by Crippen LogP contribution is 2.68. The Labute approximate surface area is 216 Å². The molecule has 2 N–H and O–H groups in total. The van der Waals surface area contributed by atoms with E-state index in [1.807, 2.05) is 12.1 Å². The summed E-state index contributed by atoms with van der Waals surface area (Å²) in [6, 6.07) is 11.2. The number of imide groups is 1. The van der Waals surface area contributed by atoms with Crippen LogP contribution in [0.2, 0.25) is 0 Å². The fourth-order valence-corrected chi connectivity index (χ4v) is 10.0. The Morgan fingerprint density at radius 3 is 2.38 bits per heavy atom. The number of hydrogen-bond donors (Lipinski definition) is 2. The number of fused-ring (bicyclic) bond motifs is 9. The van der Waals surface area contributed by atoms with Gasteiger partial charge in [0.2, 0.25) is 11.8 Å². The average molecular weight is 545 g/mol. The van der Waals surface area contributed by atoms with E-state index < -0.39 is 35.4 Å². The predicted molar refractivity (Wildman–Crippen MR) is 131 cm³/mol. The summed E-state index contributed by atoms with van der Waals surface area (Å²) in [7, 11) is 0. The highest BCUT2D eigenvalue weighted by molar-refractivity contribution is 8.00. The zero-order chi connectivity index (χ0) is 25.8. The molecule has 2 aliphatic heterocycles. The number of nitrogens with one attached hydrogen (secondary N) is 1. The molecule has 0 radical (unpaired) electrons. The number of aromatic nitrogens is 1. The van der Waals surface area contributed by atoms with Crippen LogP contribution in [0.1, 0.15) is 28.3 Å². The van der Waals surface area contributed by atoms with Crippen molar-refractivity contribution in [2.24, 2.45) is 29.6 Å². The number of halogens is 3. The third kappa shape index (κ3) is 3.22. The molecule has 6 nitrogen and oxygen atoms in total. The maximum absolute atomic E-state index is 13.7. The van der Waals surface area contributed by atoms with Crippen LogP contribution >= 0.6 is 23.1 Å². The highest BCUT2D eigenvalue weighted by atomic mass is 32.2. The summed E-state index contributed by atoms with van der Waals surface area (Å²) < 4.78 is 40.0. The number of anilines is 1. The van der Waals surface area contributed by atoms with E-state index >= 15 is 0 Å². The molecule has 3 heterocycles. The Morgan fingerprint density at radius 1 is 0.973 bits per heavy atom. The number of thiazole rings is 1. The number of carbonyl (C=O) groups excluding carboxylic acids is 2. The molecule has 7 rings (SSSR count). The van der Waals surface area contributed by atoms with Crippen molar-refractivity contribution < 1.29 is 27.9 Å². The summed E-state index contributed by atoms with van der Waals surface area (Å²) in [6.07, 6.45) is -3.91. The topological polar surface area (TPSA) is 90.5 Å². The zero-order valence-corrected chi connectivity index (χ0v) is 20.6.